The molecule has 0 bridgehead atoms. The molecule has 2 aromatic carbocycles. The highest BCUT2D eigenvalue weighted by Crippen LogP contribution is 2.47. The number of hydrogen-bond acceptors (Lipinski definition) is 2. The van der Waals surface area contributed by atoms with E-state index in [1.54, 1.807) is 24.3 Å². The number of rotatable bonds is 5. The highest BCUT2D eigenvalue weighted by Gasteiger charge is 2.56. The first-order valence-corrected chi connectivity index (χ1v) is 8.08. The fourth-order valence-corrected chi connectivity index (χ4v) is 2.70. The molecular weight excluding hydrogens is 350 g/mol. The van der Waals surface area contributed by atoms with E-state index in [0.29, 0.717) is 17.9 Å². The number of nitrogens with one attached hydrogen (secondary N) is 2. The number of halogens is 3. The van der Waals surface area contributed by atoms with Crippen molar-refractivity contribution in [1.82, 2.24) is 5.32 Å². The number of anilines is 1. The zero-order valence-electron chi connectivity index (χ0n) is 13.1. The van der Waals surface area contributed by atoms with Gasteiger partial charge in [0.15, 0.2) is 11.6 Å². The molecule has 1 saturated carbocycles. The van der Waals surface area contributed by atoms with E-state index in [-0.39, 0.29) is 12.2 Å². The molecule has 0 radical (unpaired) electrons. The van der Waals surface area contributed by atoms with Gasteiger partial charge in [0, 0.05) is 23.3 Å². The molecule has 0 aromatic heterocycles. The van der Waals surface area contributed by atoms with E-state index < -0.39 is 28.9 Å². The second kappa shape index (κ2) is 6.80. The van der Waals surface area contributed by atoms with E-state index >= 15 is 0 Å². The van der Waals surface area contributed by atoms with Gasteiger partial charge in [0.1, 0.15) is 5.41 Å². The molecule has 25 heavy (non-hydrogen) atoms. The number of hydrogen-bond donors (Lipinski definition) is 2. The topological polar surface area (TPSA) is 58.2 Å². The van der Waals surface area contributed by atoms with Crippen molar-refractivity contribution >= 4 is 29.1 Å². The van der Waals surface area contributed by atoms with E-state index in [0.717, 1.165) is 17.7 Å². The summed E-state index contributed by atoms with van der Waals surface area (Å²) in [7, 11) is 0. The van der Waals surface area contributed by atoms with Crippen LogP contribution in [-0.4, -0.2) is 11.8 Å². The molecule has 0 atom stereocenters. The minimum Gasteiger partial charge on any atom is -0.351 e. The Morgan fingerprint density at radius 1 is 1.04 bits per heavy atom. The third-order valence-corrected chi connectivity index (χ3v) is 4.56. The normalized spacial score (nSPS) is 14.7. The van der Waals surface area contributed by atoms with Crippen LogP contribution in [0.5, 0.6) is 0 Å². The van der Waals surface area contributed by atoms with Crippen LogP contribution < -0.4 is 10.6 Å². The van der Waals surface area contributed by atoms with Gasteiger partial charge >= 0.3 is 0 Å². The average Bonchev–Trinajstić information content (AvgIpc) is 3.39. The molecule has 3 rings (SSSR count). The second-order valence-corrected chi connectivity index (χ2v) is 6.35. The summed E-state index contributed by atoms with van der Waals surface area (Å²) in [6, 6.07) is 10.1. The lowest BCUT2D eigenvalue weighted by Crippen LogP contribution is -2.39. The van der Waals surface area contributed by atoms with Crippen molar-refractivity contribution in [2.75, 3.05) is 5.32 Å². The van der Waals surface area contributed by atoms with Gasteiger partial charge in [0.25, 0.3) is 0 Å². The summed E-state index contributed by atoms with van der Waals surface area (Å²) in [5.41, 5.74) is -0.324. The maximum absolute atomic E-state index is 13.2. The Morgan fingerprint density at radius 3 is 2.40 bits per heavy atom. The molecule has 2 amide bonds. The van der Waals surface area contributed by atoms with Crippen LogP contribution in [0.2, 0.25) is 5.02 Å². The van der Waals surface area contributed by atoms with Crippen LogP contribution in [0.25, 0.3) is 0 Å². The maximum Gasteiger partial charge on any atom is 0.240 e. The van der Waals surface area contributed by atoms with Crippen molar-refractivity contribution in [1.29, 1.82) is 0 Å². The number of benzene rings is 2. The highest BCUT2D eigenvalue weighted by atomic mass is 35.5. The molecule has 0 unspecified atom stereocenters. The molecule has 2 aromatic rings. The van der Waals surface area contributed by atoms with Crippen molar-refractivity contribution in [3.8, 4) is 0 Å². The largest absolute Gasteiger partial charge is 0.351 e. The van der Waals surface area contributed by atoms with Crippen LogP contribution in [-0.2, 0) is 16.1 Å². The third-order valence-electron chi connectivity index (χ3n) is 4.19. The monoisotopic (exact) mass is 364 g/mol. The van der Waals surface area contributed by atoms with Crippen LogP contribution in [0.3, 0.4) is 0 Å². The Hall–Kier alpha value is -2.47. The molecule has 1 fully saturated rings. The van der Waals surface area contributed by atoms with Crippen LogP contribution in [0, 0.1) is 17.0 Å². The Balaban J connectivity index is 1.64. The molecule has 0 saturated heterocycles. The predicted octanol–water partition coefficient (Wildman–Crippen LogP) is 3.65. The van der Waals surface area contributed by atoms with Gasteiger partial charge in [-0.2, -0.15) is 0 Å². The van der Waals surface area contributed by atoms with Crippen LogP contribution in [0.15, 0.2) is 42.5 Å². The summed E-state index contributed by atoms with van der Waals surface area (Å²) in [4.78, 5) is 24.8. The van der Waals surface area contributed by atoms with Gasteiger partial charge < -0.3 is 10.6 Å². The zero-order chi connectivity index (χ0) is 18.0. The lowest BCUT2D eigenvalue weighted by molar-refractivity contribution is -0.134. The van der Waals surface area contributed by atoms with Gasteiger partial charge in [-0.05, 0) is 36.6 Å². The Morgan fingerprint density at radius 2 is 1.76 bits per heavy atom. The maximum atomic E-state index is 13.2. The summed E-state index contributed by atoms with van der Waals surface area (Å²) >= 11 is 6.04. The quantitative estimate of drug-likeness (QED) is 0.795. The Labute approximate surface area is 148 Å². The molecule has 7 heteroatoms. The lowest BCUT2D eigenvalue weighted by Gasteiger charge is -2.16. The summed E-state index contributed by atoms with van der Waals surface area (Å²) in [5, 5.41) is 5.71. The standard InChI is InChI=1S/C18H15ClF2N2O2/c19-13-4-2-1-3-11(13)10-22-16(24)18(7-8-18)17(25)23-12-5-6-14(20)15(21)9-12/h1-6,9H,7-8,10H2,(H,22,24)(H,23,25). The predicted molar refractivity (Wildman–Crippen MR) is 90.0 cm³/mol. The fourth-order valence-electron chi connectivity index (χ4n) is 2.49. The van der Waals surface area contributed by atoms with E-state index in [1.807, 2.05) is 0 Å². The summed E-state index contributed by atoms with van der Waals surface area (Å²) in [6.07, 6.45) is 0.799. The van der Waals surface area contributed by atoms with Crippen molar-refractivity contribution in [3.05, 3.63) is 64.7 Å². The molecule has 0 heterocycles. The number of carbonyl (C=O) groups is 2. The smallest absolute Gasteiger partial charge is 0.240 e. The lowest BCUT2D eigenvalue weighted by atomic mass is 10.0. The van der Waals surface area contributed by atoms with Crippen LogP contribution >= 0.6 is 11.6 Å². The van der Waals surface area contributed by atoms with Gasteiger partial charge in [-0.15, -0.1) is 0 Å². The van der Waals surface area contributed by atoms with Gasteiger partial charge in [0.2, 0.25) is 11.8 Å². The Kier molecular flexibility index (Phi) is 4.72. The first-order chi connectivity index (χ1) is 11.9. The summed E-state index contributed by atoms with van der Waals surface area (Å²) in [6.45, 7) is 0.207. The summed E-state index contributed by atoms with van der Waals surface area (Å²) in [5.74, 6) is -3.01. The van der Waals surface area contributed by atoms with Crippen molar-refractivity contribution in [2.45, 2.75) is 19.4 Å². The van der Waals surface area contributed by atoms with Crippen molar-refractivity contribution in [2.24, 2.45) is 5.41 Å². The average molecular weight is 365 g/mol. The molecule has 1 aliphatic carbocycles. The van der Waals surface area contributed by atoms with E-state index in [2.05, 4.69) is 10.6 Å². The molecule has 4 nitrogen and oxygen atoms in total. The number of amides is 2. The van der Waals surface area contributed by atoms with E-state index in [4.69, 9.17) is 11.6 Å². The van der Waals surface area contributed by atoms with Crippen molar-refractivity contribution < 1.29 is 18.4 Å². The molecule has 0 aliphatic heterocycles. The van der Waals surface area contributed by atoms with Crippen molar-refractivity contribution in [3.63, 3.8) is 0 Å². The third kappa shape index (κ3) is 3.64. The van der Waals surface area contributed by atoms with Crippen LogP contribution in [0.1, 0.15) is 18.4 Å². The molecule has 130 valence electrons. The fraction of sp³-hybridized carbons (Fsp3) is 0.222. The first kappa shape index (κ1) is 17.4. The van der Waals surface area contributed by atoms with E-state index in [9.17, 15) is 18.4 Å². The molecular formula is C18H15ClF2N2O2. The van der Waals surface area contributed by atoms with Gasteiger partial charge in [0.05, 0.1) is 0 Å². The SMILES string of the molecule is O=C(NCc1ccccc1Cl)C1(C(=O)Nc2ccc(F)c(F)c2)CC1. The summed E-state index contributed by atoms with van der Waals surface area (Å²) < 4.78 is 26.2. The number of carbonyl (C=O) groups excluding carboxylic acids is 2. The Bertz CT molecular complexity index is 838. The second-order valence-electron chi connectivity index (χ2n) is 5.94. The minimum absolute atomic E-state index is 0.106. The molecule has 1 aliphatic rings. The minimum atomic E-state index is -1.17. The van der Waals surface area contributed by atoms with E-state index in [1.165, 1.54) is 6.07 Å². The van der Waals surface area contributed by atoms with Gasteiger partial charge in [-0.1, -0.05) is 29.8 Å². The van der Waals surface area contributed by atoms with Gasteiger partial charge in [-0.3, -0.25) is 9.59 Å². The first-order valence-electron chi connectivity index (χ1n) is 7.70. The van der Waals surface area contributed by atoms with Gasteiger partial charge in [-0.25, -0.2) is 8.78 Å². The highest BCUT2D eigenvalue weighted by molar-refractivity contribution is 6.31. The molecule has 2 N–H and O–H groups in total. The zero-order valence-corrected chi connectivity index (χ0v) is 13.9. The molecule has 0 spiro atoms. The van der Waals surface area contributed by atoms with Crippen LogP contribution in [0.4, 0.5) is 14.5 Å².